The molecule has 0 spiro atoms. The highest BCUT2D eigenvalue weighted by Crippen LogP contribution is 2.22. The minimum atomic E-state index is -3.03. The molecule has 0 saturated heterocycles. The van der Waals surface area contributed by atoms with Gasteiger partial charge in [-0.15, -0.1) is 0 Å². The van der Waals surface area contributed by atoms with Gasteiger partial charge in [0.1, 0.15) is 0 Å². The quantitative estimate of drug-likeness (QED) is 0.623. The van der Waals surface area contributed by atoms with Crippen LogP contribution in [0.3, 0.4) is 0 Å². The van der Waals surface area contributed by atoms with Crippen LogP contribution in [0.4, 0.5) is 0 Å². The van der Waals surface area contributed by atoms with Gasteiger partial charge in [0.05, 0.1) is 10.5 Å². The molecular weight excluding hydrogens is 404 g/mol. The molecule has 0 aliphatic rings. The summed E-state index contributed by atoms with van der Waals surface area (Å²) in [5.41, 5.74) is 1.24. The molecule has 1 unspecified atom stereocenters. The number of rotatable bonds is 6. The molecule has 1 aromatic rings. The molecule has 1 atom stereocenters. The van der Waals surface area contributed by atoms with E-state index in [2.05, 4.69) is 44.0 Å². The van der Waals surface area contributed by atoms with E-state index in [1.807, 2.05) is 12.1 Å². The lowest BCUT2D eigenvalue weighted by atomic mass is 9.99. The second kappa shape index (κ2) is 7.41. The summed E-state index contributed by atoms with van der Waals surface area (Å²) in [5, 5.41) is 0.822. The zero-order valence-corrected chi connectivity index (χ0v) is 16.2. The van der Waals surface area contributed by atoms with E-state index >= 15 is 0 Å². The van der Waals surface area contributed by atoms with E-state index in [-0.39, 0.29) is 5.75 Å². The van der Waals surface area contributed by atoms with Crippen molar-refractivity contribution >= 4 is 41.7 Å². The molecule has 0 saturated carbocycles. The van der Waals surface area contributed by atoms with Gasteiger partial charge in [-0.2, -0.15) is 0 Å². The monoisotopic (exact) mass is 424 g/mol. The van der Waals surface area contributed by atoms with Crippen LogP contribution in [0.5, 0.6) is 0 Å². The molecule has 114 valence electrons. The Morgan fingerprint density at radius 3 is 2.15 bits per heavy atom. The third-order valence-corrected chi connectivity index (χ3v) is 7.47. The van der Waals surface area contributed by atoms with Crippen LogP contribution in [0.15, 0.2) is 28.7 Å². The average molecular weight is 426 g/mol. The highest BCUT2D eigenvalue weighted by Gasteiger charge is 2.29. The van der Waals surface area contributed by atoms with Crippen LogP contribution in [-0.2, 0) is 16.3 Å². The van der Waals surface area contributed by atoms with Gasteiger partial charge in [0.15, 0.2) is 9.84 Å². The number of halogens is 2. The van der Waals surface area contributed by atoms with Crippen molar-refractivity contribution in [2.75, 3.05) is 11.1 Å². The largest absolute Gasteiger partial charge is 0.228 e. The predicted octanol–water partition coefficient (Wildman–Crippen LogP) is 4.61. The first kappa shape index (κ1) is 18.2. The molecule has 0 aromatic heterocycles. The van der Waals surface area contributed by atoms with Gasteiger partial charge in [-0.25, -0.2) is 8.42 Å². The van der Waals surface area contributed by atoms with Crippen LogP contribution in [0.1, 0.15) is 32.8 Å². The second-order valence-electron chi connectivity index (χ2n) is 6.07. The fourth-order valence-electron chi connectivity index (χ4n) is 1.82. The lowest BCUT2D eigenvalue weighted by molar-refractivity contribution is 0.532. The third kappa shape index (κ3) is 5.49. The Morgan fingerprint density at radius 1 is 1.15 bits per heavy atom. The Hall–Kier alpha value is 0.130. The van der Waals surface area contributed by atoms with Gasteiger partial charge in [-0.05, 0) is 57.2 Å². The van der Waals surface area contributed by atoms with E-state index in [4.69, 9.17) is 0 Å². The molecule has 1 aromatic carbocycles. The Labute approximate surface area is 139 Å². The summed E-state index contributed by atoms with van der Waals surface area (Å²) < 4.78 is 24.7. The molecule has 0 radical (unpaired) electrons. The molecule has 2 nitrogen and oxygen atoms in total. The Kier molecular flexibility index (Phi) is 6.74. The van der Waals surface area contributed by atoms with Crippen LogP contribution < -0.4 is 0 Å². The van der Waals surface area contributed by atoms with E-state index < -0.39 is 14.6 Å². The maximum absolute atomic E-state index is 12.1. The fraction of sp³-hybridized carbons (Fsp3) is 0.600. The second-order valence-corrected chi connectivity index (χ2v) is 10.5. The number of sulfone groups is 1. The van der Waals surface area contributed by atoms with Gasteiger partial charge in [0.25, 0.3) is 0 Å². The molecule has 0 bridgehead atoms. The molecule has 0 aliphatic carbocycles. The number of hydrogen-bond acceptors (Lipinski definition) is 2. The van der Waals surface area contributed by atoms with Crippen molar-refractivity contribution in [1.82, 2.24) is 0 Å². The maximum atomic E-state index is 12.1. The molecule has 1 rings (SSSR count). The standard InChI is InChI=1S/C15H22Br2O2S/c1-15(2,3)20(18,19)9-8-13(11-16)10-12-4-6-14(17)7-5-12/h4-7,13H,8-11H2,1-3H3. The maximum Gasteiger partial charge on any atom is 0.155 e. The molecule has 0 N–H and O–H groups in total. The van der Waals surface area contributed by atoms with Gasteiger partial charge in [0.2, 0.25) is 0 Å². The summed E-state index contributed by atoms with van der Waals surface area (Å²) in [6.45, 7) is 5.29. The molecule has 0 aliphatic heterocycles. The van der Waals surface area contributed by atoms with Gasteiger partial charge in [-0.1, -0.05) is 44.0 Å². The van der Waals surface area contributed by atoms with Gasteiger partial charge < -0.3 is 0 Å². The van der Waals surface area contributed by atoms with Crippen molar-refractivity contribution in [2.45, 2.75) is 38.4 Å². The van der Waals surface area contributed by atoms with E-state index in [1.54, 1.807) is 20.8 Å². The SMILES string of the molecule is CC(C)(C)S(=O)(=O)CCC(CBr)Cc1ccc(Br)cc1. The number of benzene rings is 1. The van der Waals surface area contributed by atoms with Crippen molar-refractivity contribution in [3.05, 3.63) is 34.3 Å². The van der Waals surface area contributed by atoms with Gasteiger partial charge >= 0.3 is 0 Å². The van der Waals surface area contributed by atoms with Crippen molar-refractivity contribution in [3.63, 3.8) is 0 Å². The van der Waals surface area contributed by atoms with Crippen LogP contribution in [0, 0.1) is 5.92 Å². The summed E-state index contributed by atoms with van der Waals surface area (Å²) in [4.78, 5) is 0. The lowest BCUT2D eigenvalue weighted by Gasteiger charge is -2.21. The predicted molar refractivity (Wildman–Crippen MR) is 93.3 cm³/mol. The van der Waals surface area contributed by atoms with E-state index in [9.17, 15) is 8.42 Å². The van der Waals surface area contributed by atoms with Crippen molar-refractivity contribution in [3.8, 4) is 0 Å². The van der Waals surface area contributed by atoms with Crippen LogP contribution in [0.2, 0.25) is 0 Å². The van der Waals surface area contributed by atoms with E-state index in [0.717, 1.165) is 16.2 Å². The van der Waals surface area contributed by atoms with Gasteiger partial charge in [-0.3, -0.25) is 0 Å². The molecule has 20 heavy (non-hydrogen) atoms. The van der Waals surface area contributed by atoms with Crippen LogP contribution >= 0.6 is 31.9 Å². The highest BCUT2D eigenvalue weighted by atomic mass is 79.9. The Balaban J connectivity index is 2.63. The number of hydrogen-bond donors (Lipinski definition) is 0. The summed E-state index contributed by atoms with van der Waals surface area (Å²) in [6.07, 6.45) is 1.60. The van der Waals surface area contributed by atoms with Gasteiger partial charge in [0, 0.05) is 9.80 Å². The first-order valence-electron chi connectivity index (χ1n) is 6.68. The Bertz CT molecular complexity index is 516. The van der Waals surface area contributed by atoms with E-state index in [1.165, 1.54) is 5.56 Å². The molecule has 5 heteroatoms. The topological polar surface area (TPSA) is 34.1 Å². The first-order valence-corrected chi connectivity index (χ1v) is 10.2. The zero-order chi connectivity index (χ0) is 15.4. The summed E-state index contributed by atoms with van der Waals surface area (Å²) in [6, 6.07) is 8.20. The van der Waals surface area contributed by atoms with E-state index in [0.29, 0.717) is 12.3 Å². The summed E-state index contributed by atoms with van der Waals surface area (Å²) in [5.74, 6) is 0.594. The minimum Gasteiger partial charge on any atom is -0.228 e. The Morgan fingerprint density at radius 2 is 1.70 bits per heavy atom. The van der Waals surface area contributed by atoms with Crippen molar-refractivity contribution in [2.24, 2.45) is 5.92 Å². The molecule has 0 fully saturated rings. The zero-order valence-electron chi connectivity index (χ0n) is 12.2. The number of alkyl halides is 1. The lowest BCUT2D eigenvalue weighted by Crippen LogP contribution is -2.31. The van der Waals surface area contributed by atoms with Crippen molar-refractivity contribution in [1.29, 1.82) is 0 Å². The summed E-state index contributed by atoms with van der Waals surface area (Å²) in [7, 11) is -3.03. The molecule has 0 heterocycles. The smallest absolute Gasteiger partial charge is 0.155 e. The molecular formula is C15H22Br2O2S. The fourth-order valence-corrected chi connectivity index (χ4v) is 3.89. The third-order valence-electron chi connectivity index (χ3n) is 3.38. The first-order chi connectivity index (χ1) is 9.15. The van der Waals surface area contributed by atoms with Crippen LogP contribution in [0.25, 0.3) is 0 Å². The van der Waals surface area contributed by atoms with Crippen LogP contribution in [-0.4, -0.2) is 24.2 Å². The average Bonchev–Trinajstić information content (AvgIpc) is 2.35. The normalized spacial score (nSPS) is 14.2. The highest BCUT2D eigenvalue weighted by molar-refractivity contribution is 9.10. The molecule has 0 amide bonds. The van der Waals surface area contributed by atoms with Crippen molar-refractivity contribution < 1.29 is 8.42 Å². The minimum absolute atomic E-state index is 0.253. The summed E-state index contributed by atoms with van der Waals surface area (Å²) >= 11 is 6.92.